The third-order valence-corrected chi connectivity index (χ3v) is 6.41. The summed E-state index contributed by atoms with van der Waals surface area (Å²) in [4.78, 5) is 26.0. The van der Waals surface area contributed by atoms with Crippen molar-refractivity contribution in [2.24, 2.45) is 5.41 Å². The average molecular weight is 382 g/mol. The Morgan fingerprint density at radius 2 is 1.89 bits per heavy atom. The molecule has 28 heavy (non-hydrogen) atoms. The zero-order valence-corrected chi connectivity index (χ0v) is 17.0. The number of likely N-dealkylation sites (tertiary alicyclic amines) is 2. The van der Waals surface area contributed by atoms with Gasteiger partial charge in [-0.2, -0.15) is 0 Å². The standard InChI is InChI=1S/C22H31N5O/c1-18(2)27-14-11-24-20(27)16-25-12-8-22(9-13-25)7-6-21(28)26(17-22)15-19-5-3-4-10-23-19/h3-5,10-11,14,18H,6-9,12-13,15-17H2,1-2H3. The van der Waals surface area contributed by atoms with Crippen LogP contribution < -0.4 is 0 Å². The van der Waals surface area contributed by atoms with Gasteiger partial charge < -0.3 is 9.47 Å². The average Bonchev–Trinajstić information content (AvgIpc) is 3.16. The van der Waals surface area contributed by atoms with Gasteiger partial charge in [0.1, 0.15) is 5.82 Å². The zero-order valence-electron chi connectivity index (χ0n) is 17.0. The Hall–Kier alpha value is -2.21. The molecule has 2 aromatic heterocycles. The van der Waals surface area contributed by atoms with E-state index in [1.807, 2.05) is 29.3 Å². The molecule has 0 saturated carbocycles. The second-order valence-corrected chi connectivity index (χ2v) is 8.69. The lowest BCUT2D eigenvalue weighted by Crippen LogP contribution is -2.51. The van der Waals surface area contributed by atoms with Gasteiger partial charge in [0.05, 0.1) is 18.8 Å². The molecule has 2 aromatic rings. The van der Waals surface area contributed by atoms with Crippen LogP contribution in [0.3, 0.4) is 0 Å². The van der Waals surface area contributed by atoms with E-state index in [-0.39, 0.29) is 11.3 Å². The summed E-state index contributed by atoms with van der Waals surface area (Å²) in [6, 6.07) is 6.36. The molecule has 0 bridgehead atoms. The fraction of sp³-hybridized carbons (Fsp3) is 0.591. The summed E-state index contributed by atoms with van der Waals surface area (Å²) in [5.41, 5.74) is 1.25. The molecule has 150 valence electrons. The molecule has 2 saturated heterocycles. The Morgan fingerprint density at radius 3 is 2.61 bits per heavy atom. The zero-order chi connectivity index (χ0) is 19.6. The fourth-order valence-electron chi connectivity index (χ4n) is 4.66. The third-order valence-electron chi connectivity index (χ3n) is 6.41. The highest BCUT2D eigenvalue weighted by Crippen LogP contribution is 2.40. The molecule has 4 rings (SSSR count). The Bertz CT molecular complexity index is 792. The van der Waals surface area contributed by atoms with Crippen molar-refractivity contribution in [1.82, 2.24) is 24.3 Å². The normalized spacial score (nSPS) is 20.2. The van der Waals surface area contributed by atoms with Crippen molar-refractivity contribution in [1.29, 1.82) is 0 Å². The molecule has 0 unspecified atom stereocenters. The maximum absolute atomic E-state index is 12.5. The Balaban J connectivity index is 1.36. The van der Waals surface area contributed by atoms with Crippen LogP contribution in [0, 0.1) is 5.41 Å². The van der Waals surface area contributed by atoms with E-state index < -0.39 is 0 Å². The van der Waals surface area contributed by atoms with Gasteiger partial charge in [-0.05, 0) is 63.7 Å². The van der Waals surface area contributed by atoms with Crippen molar-refractivity contribution in [3.63, 3.8) is 0 Å². The first-order chi connectivity index (χ1) is 13.5. The van der Waals surface area contributed by atoms with Gasteiger partial charge in [-0.15, -0.1) is 0 Å². The number of aromatic nitrogens is 3. The molecule has 0 N–H and O–H groups in total. The highest BCUT2D eigenvalue weighted by Gasteiger charge is 2.41. The molecular weight excluding hydrogens is 350 g/mol. The van der Waals surface area contributed by atoms with E-state index >= 15 is 0 Å². The molecule has 0 radical (unpaired) electrons. The van der Waals surface area contributed by atoms with E-state index in [9.17, 15) is 4.79 Å². The first kappa shape index (κ1) is 19.1. The lowest BCUT2D eigenvalue weighted by Gasteiger charge is -2.47. The van der Waals surface area contributed by atoms with Gasteiger partial charge in [-0.3, -0.25) is 14.7 Å². The van der Waals surface area contributed by atoms with E-state index in [4.69, 9.17) is 0 Å². The number of piperidine rings is 2. The molecule has 2 aliphatic heterocycles. The van der Waals surface area contributed by atoms with Gasteiger partial charge in [-0.25, -0.2) is 4.98 Å². The van der Waals surface area contributed by atoms with E-state index in [1.54, 1.807) is 6.20 Å². The Labute approximate surface area is 167 Å². The van der Waals surface area contributed by atoms with Gasteiger partial charge in [0.25, 0.3) is 0 Å². The number of hydrogen-bond acceptors (Lipinski definition) is 4. The van der Waals surface area contributed by atoms with Crippen LogP contribution in [0.2, 0.25) is 0 Å². The van der Waals surface area contributed by atoms with Crippen molar-refractivity contribution in [3.8, 4) is 0 Å². The Morgan fingerprint density at radius 1 is 1.07 bits per heavy atom. The lowest BCUT2D eigenvalue weighted by molar-refractivity contribution is -0.140. The van der Waals surface area contributed by atoms with Gasteiger partial charge in [0, 0.05) is 37.6 Å². The highest BCUT2D eigenvalue weighted by atomic mass is 16.2. The minimum absolute atomic E-state index is 0.270. The molecule has 2 aliphatic rings. The smallest absolute Gasteiger partial charge is 0.222 e. The van der Waals surface area contributed by atoms with Crippen LogP contribution in [0.1, 0.15) is 57.1 Å². The topological polar surface area (TPSA) is 54.3 Å². The van der Waals surface area contributed by atoms with Crippen LogP contribution in [-0.4, -0.2) is 49.9 Å². The first-order valence-corrected chi connectivity index (χ1v) is 10.5. The minimum Gasteiger partial charge on any atom is -0.336 e. The molecule has 0 atom stereocenters. The Kier molecular flexibility index (Phi) is 5.49. The molecule has 2 fully saturated rings. The third kappa shape index (κ3) is 4.12. The predicted octanol–water partition coefficient (Wildman–Crippen LogP) is 3.26. The van der Waals surface area contributed by atoms with E-state index in [0.717, 1.165) is 57.0 Å². The molecule has 1 amide bonds. The number of rotatable bonds is 5. The summed E-state index contributed by atoms with van der Waals surface area (Å²) in [6.07, 6.45) is 9.79. The number of carbonyl (C=O) groups is 1. The predicted molar refractivity (Wildman–Crippen MR) is 108 cm³/mol. The maximum atomic E-state index is 12.5. The van der Waals surface area contributed by atoms with Crippen LogP contribution >= 0.6 is 0 Å². The van der Waals surface area contributed by atoms with Crippen LogP contribution in [0.15, 0.2) is 36.8 Å². The highest BCUT2D eigenvalue weighted by molar-refractivity contribution is 5.77. The van der Waals surface area contributed by atoms with Crippen molar-refractivity contribution in [3.05, 3.63) is 48.3 Å². The molecule has 4 heterocycles. The monoisotopic (exact) mass is 381 g/mol. The van der Waals surface area contributed by atoms with Gasteiger partial charge in [0.2, 0.25) is 5.91 Å². The minimum atomic E-state index is 0.270. The number of carbonyl (C=O) groups excluding carboxylic acids is 1. The second kappa shape index (κ2) is 8.03. The number of hydrogen-bond donors (Lipinski definition) is 0. The number of amides is 1. The molecule has 1 spiro atoms. The van der Waals surface area contributed by atoms with Crippen LogP contribution in [-0.2, 0) is 17.9 Å². The largest absolute Gasteiger partial charge is 0.336 e. The lowest BCUT2D eigenvalue weighted by atomic mass is 9.72. The van der Waals surface area contributed by atoms with Crippen LogP contribution in [0.25, 0.3) is 0 Å². The van der Waals surface area contributed by atoms with E-state index in [2.05, 4.69) is 39.5 Å². The van der Waals surface area contributed by atoms with Gasteiger partial charge in [-0.1, -0.05) is 6.07 Å². The summed E-state index contributed by atoms with van der Waals surface area (Å²) < 4.78 is 2.26. The summed E-state index contributed by atoms with van der Waals surface area (Å²) in [5, 5.41) is 0. The van der Waals surface area contributed by atoms with Gasteiger partial charge in [0.15, 0.2) is 0 Å². The number of imidazole rings is 1. The van der Waals surface area contributed by atoms with E-state index in [1.165, 1.54) is 0 Å². The fourth-order valence-corrected chi connectivity index (χ4v) is 4.66. The first-order valence-electron chi connectivity index (χ1n) is 10.5. The van der Waals surface area contributed by atoms with Gasteiger partial charge >= 0.3 is 0 Å². The number of nitrogens with zero attached hydrogens (tertiary/aromatic N) is 5. The molecule has 0 aliphatic carbocycles. The van der Waals surface area contributed by atoms with Crippen molar-refractivity contribution >= 4 is 5.91 Å². The molecular formula is C22H31N5O. The van der Waals surface area contributed by atoms with Crippen molar-refractivity contribution < 1.29 is 4.79 Å². The van der Waals surface area contributed by atoms with Crippen LogP contribution in [0.4, 0.5) is 0 Å². The SMILES string of the molecule is CC(C)n1ccnc1CN1CCC2(CCC(=O)N(Cc3ccccn3)C2)CC1. The van der Waals surface area contributed by atoms with Crippen LogP contribution in [0.5, 0.6) is 0 Å². The summed E-state index contributed by atoms with van der Waals surface area (Å²) in [6.45, 7) is 8.98. The molecule has 0 aromatic carbocycles. The molecule has 6 heteroatoms. The molecule has 6 nitrogen and oxygen atoms in total. The quantitative estimate of drug-likeness (QED) is 0.798. The summed E-state index contributed by atoms with van der Waals surface area (Å²) >= 11 is 0. The van der Waals surface area contributed by atoms with Crippen molar-refractivity contribution in [2.45, 2.75) is 58.7 Å². The van der Waals surface area contributed by atoms with E-state index in [0.29, 0.717) is 19.0 Å². The summed E-state index contributed by atoms with van der Waals surface area (Å²) in [7, 11) is 0. The second-order valence-electron chi connectivity index (χ2n) is 8.69. The summed E-state index contributed by atoms with van der Waals surface area (Å²) in [5.74, 6) is 1.43. The van der Waals surface area contributed by atoms with Crippen molar-refractivity contribution in [2.75, 3.05) is 19.6 Å². The number of pyridine rings is 1. The maximum Gasteiger partial charge on any atom is 0.222 e.